The number of aryl methyl sites for hydroxylation is 1. The Kier molecular flexibility index (Phi) is 4.42. The van der Waals surface area contributed by atoms with E-state index in [9.17, 15) is 0 Å². The van der Waals surface area contributed by atoms with Gasteiger partial charge < -0.3 is 0 Å². The molecule has 4 nitrogen and oxygen atoms in total. The topological polar surface area (TPSA) is 62.5 Å². The standard InChI is InChI=1S/C23H16N4/c1-16-25-22(19-7-3-2-4-8-19)27-23(26-16)20-12-10-18(11-13-20)21-9-5-6-17(14-21)15-24/h2-14H,1H3. The fourth-order valence-electron chi connectivity index (χ4n) is 2.91. The molecule has 0 atom stereocenters. The molecule has 1 aromatic heterocycles. The quantitative estimate of drug-likeness (QED) is 0.519. The van der Waals surface area contributed by atoms with Gasteiger partial charge in [0.05, 0.1) is 11.6 Å². The number of nitrogens with zero attached hydrogens (tertiary/aromatic N) is 4. The Morgan fingerprint density at radius 2 is 1.22 bits per heavy atom. The normalized spacial score (nSPS) is 10.4. The van der Waals surface area contributed by atoms with Gasteiger partial charge in [-0.15, -0.1) is 0 Å². The van der Waals surface area contributed by atoms with Crippen molar-refractivity contribution in [1.82, 2.24) is 15.0 Å². The zero-order chi connectivity index (χ0) is 18.6. The summed E-state index contributed by atoms with van der Waals surface area (Å²) in [7, 11) is 0. The molecule has 0 saturated carbocycles. The van der Waals surface area contributed by atoms with Crippen LogP contribution in [0.4, 0.5) is 0 Å². The van der Waals surface area contributed by atoms with Gasteiger partial charge in [-0.2, -0.15) is 5.26 Å². The fraction of sp³-hybridized carbons (Fsp3) is 0.0435. The predicted molar refractivity (Wildman–Crippen MR) is 106 cm³/mol. The maximum absolute atomic E-state index is 9.08. The average Bonchev–Trinajstić information content (AvgIpc) is 2.74. The van der Waals surface area contributed by atoms with Gasteiger partial charge in [0.1, 0.15) is 5.82 Å². The van der Waals surface area contributed by atoms with E-state index in [0.717, 1.165) is 22.3 Å². The largest absolute Gasteiger partial charge is 0.213 e. The molecule has 4 heteroatoms. The van der Waals surface area contributed by atoms with E-state index < -0.39 is 0 Å². The molecule has 27 heavy (non-hydrogen) atoms. The van der Waals surface area contributed by atoms with E-state index in [1.165, 1.54) is 0 Å². The van der Waals surface area contributed by atoms with Crippen LogP contribution >= 0.6 is 0 Å². The highest BCUT2D eigenvalue weighted by atomic mass is 15.0. The van der Waals surface area contributed by atoms with Gasteiger partial charge in [0.2, 0.25) is 0 Å². The second-order valence-corrected chi connectivity index (χ2v) is 6.17. The molecule has 0 unspecified atom stereocenters. The molecule has 0 amide bonds. The molecule has 0 saturated heterocycles. The van der Waals surface area contributed by atoms with Crippen LogP contribution in [-0.4, -0.2) is 15.0 Å². The molecule has 0 fully saturated rings. The SMILES string of the molecule is Cc1nc(-c2ccccc2)nc(-c2ccc(-c3cccc(C#N)c3)cc2)n1. The lowest BCUT2D eigenvalue weighted by Crippen LogP contribution is -1.99. The Balaban J connectivity index is 1.70. The maximum Gasteiger partial charge on any atom is 0.163 e. The molecule has 128 valence electrons. The smallest absolute Gasteiger partial charge is 0.163 e. The Hall–Kier alpha value is -3.84. The highest BCUT2D eigenvalue weighted by Crippen LogP contribution is 2.25. The summed E-state index contributed by atoms with van der Waals surface area (Å²) < 4.78 is 0. The van der Waals surface area contributed by atoms with Crippen LogP contribution < -0.4 is 0 Å². The summed E-state index contributed by atoms with van der Waals surface area (Å²) in [5.41, 5.74) is 4.60. The number of aromatic nitrogens is 3. The maximum atomic E-state index is 9.08. The molecule has 0 spiro atoms. The highest BCUT2D eigenvalue weighted by Gasteiger charge is 2.09. The van der Waals surface area contributed by atoms with Crippen LogP contribution in [0, 0.1) is 18.3 Å². The number of rotatable bonds is 3. The Morgan fingerprint density at radius 3 is 1.89 bits per heavy atom. The molecule has 3 aromatic carbocycles. The van der Waals surface area contributed by atoms with Crippen molar-refractivity contribution in [2.24, 2.45) is 0 Å². The third-order valence-corrected chi connectivity index (χ3v) is 4.25. The number of benzene rings is 3. The van der Waals surface area contributed by atoms with Gasteiger partial charge in [0.15, 0.2) is 11.6 Å². The first kappa shape index (κ1) is 16.6. The highest BCUT2D eigenvalue weighted by molar-refractivity contribution is 5.69. The molecular formula is C23H16N4. The summed E-state index contributed by atoms with van der Waals surface area (Å²) in [4.78, 5) is 13.6. The van der Waals surface area contributed by atoms with E-state index in [2.05, 4.69) is 21.0 Å². The van der Waals surface area contributed by atoms with E-state index in [0.29, 0.717) is 23.0 Å². The lowest BCUT2D eigenvalue weighted by Gasteiger charge is -2.07. The van der Waals surface area contributed by atoms with Crippen LogP contribution in [0.3, 0.4) is 0 Å². The van der Waals surface area contributed by atoms with E-state index in [4.69, 9.17) is 5.26 Å². The summed E-state index contributed by atoms with van der Waals surface area (Å²) in [6.45, 7) is 1.87. The summed E-state index contributed by atoms with van der Waals surface area (Å²) in [6, 6.07) is 27.7. The van der Waals surface area contributed by atoms with Crippen molar-refractivity contribution in [3.63, 3.8) is 0 Å². The van der Waals surface area contributed by atoms with Crippen molar-refractivity contribution in [3.05, 3.63) is 90.3 Å². The van der Waals surface area contributed by atoms with Crippen LogP contribution in [0.5, 0.6) is 0 Å². The zero-order valence-electron chi connectivity index (χ0n) is 14.8. The molecule has 4 rings (SSSR count). The van der Waals surface area contributed by atoms with Crippen molar-refractivity contribution in [1.29, 1.82) is 5.26 Å². The molecule has 0 radical (unpaired) electrons. The Labute approximate surface area is 157 Å². The van der Waals surface area contributed by atoms with Gasteiger partial charge in [0, 0.05) is 11.1 Å². The Bertz CT molecular complexity index is 1130. The van der Waals surface area contributed by atoms with Crippen LogP contribution in [0.25, 0.3) is 33.9 Å². The monoisotopic (exact) mass is 348 g/mol. The summed E-state index contributed by atoms with van der Waals surface area (Å²) >= 11 is 0. The molecule has 0 bridgehead atoms. The summed E-state index contributed by atoms with van der Waals surface area (Å²) in [5, 5.41) is 9.08. The minimum absolute atomic E-state index is 0.650. The van der Waals surface area contributed by atoms with Gasteiger partial charge in [-0.25, -0.2) is 15.0 Å². The Morgan fingerprint density at radius 1 is 0.630 bits per heavy atom. The van der Waals surface area contributed by atoms with Crippen LogP contribution in [0.15, 0.2) is 78.9 Å². The van der Waals surface area contributed by atoms with Crippen LogP contribution in [0.2, 0.25) is 0 Å². The van der Waals surface area contributed by atoms with Crippen molar-refractivity contribution in [2.45, 2.75) is 6.92 Å². The van der Waals surface area contributed by atoms with E-state index in [-0.39, 0.29) is 0 Å². The van der Waals surface area contributed by atoms with Gasteiger partial charge >= 0.3 is 0 Å². The summed E-state index contributed by atoms with van der Waals surface area (Å²) in [6.07, 6.45) is 0. The van der Waals surface area contributed by atoms with Crippen molar-refractivity contribution in [2.75, 3.05) is 0 Å². The van der Waals surface area contributed by atoms with Crippen LogP contribution in [-0.2, 0) is 0 Å². The lowest BCUT2D eigenvalue weighted by atomic mass is 10.0. The first-order chi connectivity index (χ1) is 13.2. The predicted octanol–water partition coefficient (Wildman–Crippen LogP) is 5.05. The number of hydrogen-bond donors (Lipinski definition) is 0. The minimum Gasteiger partial charge on any atom is -0.213 e. The average molecular weight is 348 g/mol. The zero-order valence-corrected chi connectivity index (χ0v) is 14.8. The fourth-order valence-corrected chi connectivity index (χ4v) is 2.91. The van der Waals surface area contributed by atoms with Gasteiger partial charge in [0.25, 0.3) is 0 Å². The molecule has 0 aliphatic rings. The van der Waals surface area contributed by atoms with Crippen molar-refractivity contribution in [3.8, 4) is 40.0 Å². The second kappa shape index (κ2) is 7.19. The van der Waals surface area contributed by atoms with E-state index in [1.807, 2.05) is 79.7 Å². The van der Waals surface area contributed by atoms with Gasteiger partial charge in [-0.3, -0.25) is 0 Å². The van der Waals surface area contributed by atoms with Crippen LogP contribution in [0.1, 0.15) is 11.4 Å². The molecular weight excluding hydrogens is 332 g/mol. The lowest BCUT2D eigenvalue weighted by molar-refractivity contribution is 0.992. The first-order valence-corrected chi connectivity index (χ1v) is 8.62. The first-order valence-electron chi connectivity index (χ1n) is 8.62. The van der Waals surface area contributed by atoms with Gasteiger partial charge in [-0.05, 0) is 30.2 Å². The molecule has 0 N–H and O–H groups in total. The van der Waals surface area contributed by atoms with Gasteiger partial charge in [-0.1, -0.05) is 66.7 Å². The van der Waals surface area contributed by atoms with E-state index in [1.54, 1.807) is 6.07 Å². The number of nitriles is 1. The van der Waals surface area contributed by atoms with Crippen molar-refractivity contribution < 1.29 is 0 Å². The molecule has 0 aliphatic carbocycles. The van der Waals surface area contributed by atoms with Crippen molar-refractivity contribution >= 4 is 0 Å². The van der Waals surface area contributed by atoms with E-state index >= 15 is 0 Å². The molecule has 4 aromatic rings. The number of hydrogen-bond acceptors (Lipinski definition) is 4. The summed E-state index contributed by atoms with van der Waals surface area (Å²) in [5.74, 6) is 2.01. The third-order valence-electron chi connectivity index (χ3n) is 4.25. The third kappa shape index (κ3) is 3.58. The minimum atomic E-state index is 0.650. The second-order valence-electron chi connectivity index (χ2n) is 6.17. The molecule has 0 aliphatic heterocycles. The molecule has 1 heterocycles.